The molecule has 0 spiro atoms. The van der Waals surface area contributed by atoms with Gasteiger partial charge in [0.05, 0.1) is 5.92 Å². The van der Waals surface area contributed by atoms with Crippen molar-refractivity contribution in [2.45, 2.75) is 18.8 Å². The standard InChI is InChI=1S/C23H19F2N5O2/c24-17-7-3-5-15(13-17)21-26-22(32-28-21)16-6-4-11-29(14-16)23(31)19-10-12-30(27-19)20-9-2-1-8-18(20)25/h1-3,5,7-10,12-13,16H,4,6,11,14H2. The summed E-state index contributed by atoms with van der Waals surface area (Å²) in [7, 11) is 0. The molecule has 1 fully saturated rings. The zero-order valence-corrected chi connectivity index (χ0v) is 17.0. The second-order valence-electron chi connectivity index (χ2n) is 7.65. The molecule has 5 rings (SSSR count). The molecule has 0 saturated carbocycles. The third kappa shape index (κ3) is 3.89. The van der Waals surface area contributed by atoms with Crippen LogP contribution < -0.4 is 0 Å². The summed E-state index contributed by atoms with van der Waals surface area (Å²) in [6.45, 7) is 0.975. The molecule has 1 aliphatic heterocycles. The fourth-order valence-electron chi connectivity index (χ4n) is 3.88. The lowest BCUT2D eigenvalue weighted by atomic mass is 9.97. The normalized spacial score (nSPS) is 16.3. The maximum atomic E-state index is 14.0. The van der Waals surface area contributed by atoms with Gasteiger partial charge in [0, 0.05) is 24.8 Å². The SMILES string of the molecule is O=C(c1ccn(-c2ccccc2F)n1)N1CCCC(c2nc(-c3cccc(F)c3)no2)C1. The lowest BCUT2D eigenvalue weighted by Gasteiger charge is -2.30. The van der Waals surface area contributed by atoms with Crippen LogP contribution in [0, 0.1) is 11.6 Å². The smallest absolute Gasteiger partial charge is 0.274 e. The van der Waals surface area contributed by atoms with Gasteiger partial charge in [-0.2, -0.15) is 10.1 Å². The van der Waals surface area contributed by atoms with Crippen LogP contribution in [0.15, 0.2) is 65.3 Å². The van der Waals surface area contributed by atoms with E-state index in [1.54, 1.807) is 47.5 Å². The number of benzene rings is 2. The van der Waals surface area contributed by atoms with Gasteiger partial charge in [0.1, 0.15) is 17.3 Å². The fourth-order valence-corrected chi connectivity index (χ4v) is 3.88. The molecule has 1 amide bonds. The van der Waals surface area contributed by atoms with Crippen LogP contribution in [0.2, 0.25) is 0 Å². The Labute approximate surface area is 182 Å². The van der Waals surface area contributed by atoms with E-state index in [1.807, 2.05) is 0 Å². The van der Waals surface area contributed by atoms with E-state index in [2.05, 4.69) is 15.2 Å². The van der Waals surface area contributed by atoms with Crippen molar-refractivity contribution in [1.82, 2.24) is 24.8 Å². The van der Waals surface area contributed by atoms with Crippen LogP contribution in [0.5, 0.6) is 0 Å². The lowest BCUT2D eigenvalue weighted by Crippen LogP contribution is -2.39. The Hall–Kier alpha value is -3.88. The number of piperidine rings is 1. The number of para-hydroxylation sites is 1. The Morgan fingerprint density at radius 2 is 1.97 bits per heavy atom. The molecule has 7 nitrogen and oxygen atoms in total. The first-order valence-corrected chi connectivity index (χ1v) is 10.3. The summed E-state index contributed by atoms with van der Waals surface area (Å²) in [6, 6.07) is 13.8. The summed E-state index contributed by atoms with van der Waals surface area (Å²) in [4.78, 5) is 19.1. The summed E-state index contributed by atoms with van der Waals surface area (Å²) in [6.07, 6.45) is 3.12. The first-order chi connectivity index (χ1) is 15.6. The number of amides is 1. The Morgan fingerprint density at radius 1 is 1.09 bits per heavy atom. The molecule has 0 radical (unpaired) electrons. The van der Waals surface area contributed by atoms with Crippen LogP contribution in [0.4, 0.5) is 8.78 Å². The number of likely N-dealkylation sites (tertiary alicyclic amines) is 1. The zero-order chi connectivity index (χ0) is 22.1. The van der Waals surface area contributed by atoms with Gasteiger partial charge in [-0.05, 0) is 43.2 Å². The van der Waals surface area contributed by atoms with Gasteiger partial charge in [-0.1, -0.05) is 29.4 Å². The van der Waals surface area contributed by atoms with E-state index in [4.69, 9.17) is 4.52 Å². The highest BCUT2D eigenvalue weighted by Gasteiger charge is 2.30. The topological polar surface area (TPSA) is 77.1 Å². The van der Waals surface area contributed by atoms with E-state index >= 15 is 0 Å². The molecule has 2 aromatic heterocycles. The van der Waals surface area contributed by atoms with Crippen LogP contribution >= 0.6 is 0 Å². The first-order valence-electron chi connectivity index (χ1n) is 10.3. The number of hydrogen-bond donors (Lipinski definition) is 0. The molecule has 1 atom stereocenters. The molecule has 9 heteroatoms. The second-order valence-corrected chi connectivity index (χ2v) is 7.65. The number of rotatable bonds is 4. The minimum Gasteiger partial charge on any atom is -0.339 e. The van der Waals surface area contributed by atoms with Gasteiger partial charge in [-0.25, -0.2) is 13.5 Å². The van der Waals surface area contributed by atoms with Crippen LogP contribution in [-0.2, 0) is 0 Å². The highest BCUT2D eigenvalue weighted by Crippen LogP contribution is 2.28. The van der Waals surface area contributed by atoms with E-state index in [-0.39, 0.29) is 29.0 Å². The van der Waals surface area contributed by atoms with E-state index in [0.717, 1.165) is 12.8 Å². The summed E-state index contributed by atoms with van der Waals surface area (Å²) in [5.74, 6) is -0.438. The Bertz CT molecular complexity index is 1270. The molecular formula is C23H19F2N5O2. The molecule has 4 aromatic rings. The second kappa shape index (κ2) is 8.33. The number of carbonyl (C=O) groups excluding carboxylic acids is 1. The van der Waals surface area contributed by atoms with Gasteiger partial charge in [0.15, 0.2) is 5.69 Å². The van der Waals surface area contributed by atoms with Gasteiger partial charge >= 0.3 is 0 Å². The van der Waals surface area contributed by atoms with Crippen molar-refractivity contribution in [2.24, 2.45) is 0 Å². The third-order valence-corrected chi connectivity index (χ3v) is 5.49. The fraction of sp³-hybridized carbons (Fsp3) is 0.217. The summed E-state index contributed by atoms with van der Waals surface area (Å²) in [5.41, 5.74) is 1.04. The van der Waals surface area contributed by atoms with Crippen molar-refractivity contribution >= 4 is 5.91 Å². The van der Waals surface area contributed by atoms with Crippen molar-refractivity contribution in [3.8, 4) is 17.1 Å². The maximum Gasteiger partial charge on any atom is 0.274 e. The molecular weight excluding hydrogens is 416 g/mol. The van der Waals surface area contributed by atoms with Gasteiger partial charge in [-0.3, -0.25) is 4.79 Å². The van der Waals surface area contributed by atoms with Gasteiger partial charge in [0.2, 0.25) is 11.7 Å². The predicted molar refractivity (Wildman–Crippen MR) is 111 cm³/mol. The average molecular weight is 435 g/mol. The Morgan fingerprint density at radius 3 is 2.81 bits per heavy atom. The van der Waals surface area contributed by atoms with Crippen LogP contribution in [-0.4, -0.2) is 43.8 Å². The molecule has 1 saturated heterocycles. The Kier molecular flexibility index (Phi) is 5.22. The predicted octanol–water partition coefficient (Wildman–Crippen LogP) is 4.22. The Balaban J connectivity index is 1.31. The highest BCUT2D eigenvalue weighted by molar-refractivity contribution is 5.92. The molecule has 1 unspecified atom stereocenters. The summed E-state index contributed by atoms with van der Waals surface area (Å²) in [5, 5.41) is 8.23. The van der Waals surface area contributed by atoms with Crippen LogP contribution in [0.1, 0.15) is 35.1 Å². The molecule has 32 heavy (non-hydrogen) atoms. The number of hydrogen-bond acceptors (Lipinski definition) is 5. The minimum absolute atomic E-state index is 0.129. The highest BCUT2D eigenvalue weighted by atomic mass is 19.1. The van der Waals surface area contributed by atoms with Crippen molar-refractivity contribution < 1.29 is 18.1 Å². The molecule has 3 heterocycles. The monoisotopic (exact) mass is 435 g/mol. The van der Waals surface area contributed by atoms with Crippen molar-refractivity contribution in [2.75, 3.05) is 13.1 Å². The lowest BCUT2D eigenvalue weighted by molar-refractivity contribution is 0.0689. The number of nitrogens with zero attached hydrogens (tertiary/aromatic N) is 5. The molecule has 0 aliphatic carbocycles. The molecule has 0 N–H and O–H groups in total. The zero-order valence-electron chi connectivity index (χ0n) is 17.0. The van der Waals surface area contributed by atoms with E-state index in [1.165, 1.54) is 22.9 Å². The number of aromatic nitrogens is 4. The van der Waals surface area contributed by atoms with Crippen LogP contribution in [0.25, 0.3) is 17.1 Å². The number of halogens is 2. The van der Waals surface area contributed by atoms with Crippen molar-refractivity contribution in [3.63, 3.8) is 0 Å². The largest absolute Gasteiger partial charge is 0.339 e. The molecule has 1 aliphatic rings. The number of carbonyl (C=O) groups is 1. The van der Waals surface area contributed by atoms with Crippen molar-refractivity contribution in [1.29, 1.82) is 0 Å². The maximum absolute atomic E-state index is 14.0. The minimum atomic E-state index is -0.418. The molecule has 0 bridgehead atoms. The summed E-state index contributed by atoms with van der Waals surface area (Å²) >= 11 is 0. The van der Waals surface area contributed by atoms with Gasteiger partial charge in [0.25, 0.3) is 5.91 Å². The molecule has 2 aromatic carbocycles. The first kappa shape index (κ1) is 20.0. The van der Waals surface area contributed by atoms with E-state index < -0.39 is 5.82 Å². The quantitative estimate of drug-likeness (QED) is 0.480. The van der Waals surface area contributed by atoms with Gasteiger partial charge in [-0.15, -0.1) is 0 Å². The third-order valence-electron chi connectivity index (χ3n) is 5.49. The van der Waals surface area contributed by atoms with E-state index in [0.29, 0.717) is 30.4 Å². The van der Waals surface area contributed by atoms with E-state index in [9.17, 15) is 13.6 Å². The van der Waals surface area contributed by atoms with Gasteiger partial charge < -0.3 is 9.42 Å². The van der Waals surface area contributed by atoms with Crippen molar-refractivity contribution in [3.05, 3.63) is 84.0 Å². The average Bonchev–Trinajstić information content (AvgIpc) is 3.50. The summed E-state index contributed by atoms with van der Waals surface area (Å²) < 4.78 is 34.3. The van der Waals surface area contributed by atoms with Crippen LogP contribution in [0.3, 0.4) is 0 Å². The molecule has 162 valence electrons.